The maximum atomic E-state index is 10.1. The smallest absolute Gasteiger partial charge is 0.138 e. The summed E-state index contributed by atoms with van der Waals surface area (Å²) in [6.45, 7) is 0. The molecule has 38 heavy (non-hydrogen) atoms. The molecule has 2 aromatic carbocycles. The zero-order valence-corrected chi connectivity index (χ0v) is 20.0. The molecule has 10 radical (unpaired) electrons. The van der Waals surface area contributed by atoms with E-state index in [1.165, 1.54) is 0 Å². The van der Waals surface area contributed by atoms with Gasteiger partial charge < -0.3 is 0 Å². The molecule has 4 heteroatoms. The van der Waals surface area contributed by atoms with Crippen LogP contribution in [0.15, 0.2) is 76.4 Å². The van der Waals surface area contributed by atoms with Crippen LogP contribution < -0.4 is 0 Å². The van der Waals surface area contributed by atoms with Gasteiger partial charge in [-0.3, -0.25) is 0 Å². The summed E-state index contributed by atoms with van der Waals surface area (Å²) in [6.07, 6.45) is 14.6. The maximum absolute atomic E-state index is 10.1. The van der Waals surface area contributed by atoms with Crippen molar-refractivity contribution in [2.24, 2.45) is 0 Å². The van der Waals surface area contributed by atoms with Gasteiger partial charge in [0, 0.05) is 22.6 Å². The number of fused-ring (bicyclic) bond motifs is 3. The summed E-state index contributed by atoms with van der Waals surface area (Å²) in [5.41, 5.74) is 4.87. The Balaban J connectivity index is 1.93. The number of nitrogens with zero attached hydrogens (tertiary/aromatic N) is 4. The second-order valence-electron chi connectivity index (χ2n) is 8.39. The minimum atomic E-state index is -0.231. The molecule has 0 bridgehead atoms. The van der Waals surface area contributed by atoms with E-state index in [1.54, 1.807) is 25.7 Å². The molecule has 0 saturated heterocycles. The summed E-state index contributed by atoms with van der Waals surface area (Å²) in [4.78, 5) is 0. The van der Waals surface area contributed by atoms with Crippen LogP contribution in [0.3, 0.4) is 0 Å². The molecule has 0 aromatic heterocycles. The van der Waals surface area contributed by atoms with Gasteiger partial charge in [0.25, 0.3) is 0 Å². The summed E-state index contributed by atoms with van der Waals surface area (Å²) in [6, 6.07) is 23.7. The van der Waals surface area contributed by atoms with Crippen LogP contribution in [0.5, 0.6) is 0 Å². The first-order valence-corrected chi connectivity index (χ1v) is 11.7. The number of nitriles is 4. The summed E-state index contributed by atoms with van der Waals surface area (Å²) in [7, 11) is 0. The molecule has 2 saturated carbocycles. The molecule has 172 valence electrons. The van der Waals surface area contributed by atoms with Crippen LogP contribution in [0.2, 0.25) is 0 Å². The van der Waals surface area contributed by atoms with Gasteiger partial charge in [-0.05, 0) is 79.2 Å². The summed E-state index contributed by atoms with van der Waals surface area (Å²) >= 11 is 0. The van der Waals surface area contributed by atoms with Gasteiger partial charge in [-0.1, -0.05) is 60.4 Å². The van der Waals surface area contributed by atoms with Crippen LogP contribution in [0.1, 0.15) is 11.1 Å². The lowest BCUT2D eigenvalue weighted by Crippen LogP contribution is -2.10. The molecule has 0 N–H and O–H groups in total. The fraction of sp³-hybridized carbons (Fsp3) is 0. The van der Waals surface area contributed by atoms with Crippen molar-refractivity contribution in [1.29, 1.82) is 21.0 Å². The molecule has 0 amide bonds. The first-order chi connectivity index (χ1) is 18.7. The minimum absolute atomic E-state index is 0.167. The van der Waals surface area contributed by atoms with Gasteiger partial charge in [-0.25, -0.2) is 0 Å². The van der Waals surface area contributed by atoms with Crippen molar-refractivity contribution < 1.29 is 0 Å². The van der Waals surface area contributed by atoms with Gasteiger partial charge in [0.15, 0.2) is 0 Å². The van der Waals surface area contributed by atoms with Crippen molar-refractivity contribution in [2.45, 2.75) is 0 Å². The molecule has 2 aromatic rings. The Labute approximate surface area is 224 Å². The standard InChI is InChI=1S/C34H16N4/c35-19-25(20-36)32(24-11-3-4-12-24)33(26(21-37)22-38)31(18-17-23-9-1-2-10-23)34-29-15-7-5-13-27(29)28-14-6-8-16-30(28)34/h1-16H. The Morgan fingerprint density at radius 2 is 1.03 bits per heavy atom. The highest BCUT2D eigenvalue weighted by Gasteiger charge is 2.34. The van der Waals surface area contributed by atoms with Crippen LogP contribution in [0, 0.1) is 120 Å². The van der Waals surface area contributed by atoms with E-state index in [-0.39, 0.29) is 22.3 Å². The predicted octanol–water partition coefficient (Wildman–Crippen LogP) is 5.97. The topological polar surface area (TPSA) is 95.2 Å². The van der Waals surface area contributed by atoms with Crippen molar-refractivity contribution in [3.8, 4) is 47.2 Å². The van der Waals surface area contributed by atoms with E-state index < -0.39 is 0 Å². The van der Waals surface area contributed by atoms with E-state index in [9.17, 15) is 21.0 Å². The lowest BCUT2D eigenvalue weighted by Gasteiger charge is -2.20. The van der Waals surface area contributed by atoms with Gasteiger partial charge >= 0.3 is 0 Å². The zero-order valence-electron chi connectivity index (χ0n) is 20.0. The van der Waals surface area contributed by atoms with Crippen molar-refractivity contribution in [3.05, 3.63) is 151 Å². The highest BCUT2D eigenvalue weighted by atomic mass is 14.4. The monoisotopic (exact) mass is 480 g/mol. The van der Waals surface area contributed by atoms with E-state index >= 15 is 0 Å². The number of benzene rings is 2. The summed E-state index contributed by atoms with van der Waals surface area (Å²) in [5.74, 6) is 7.74. The number of hydrogen-bond acceptors (Lipinski definition) is 4. The molecular formula is C34H16N4. The van der Waals surface area contributed by atoms with E-state index in [2.05, 4.69) is 11.8 Å². The highest BCUT2D eigenvalue weighted by Crippen LogP contribution is 2.49. The van der Waals surface area contributed by atoms with Crippen molar-refractivity contribution in [2.75, 3.05) is 0 Å². The normalized spacial score (nSPS) is 15.5. The molecule has 0 aliphatic heterocycles. The molecule has 2 fully saturated rings. The largest absolute Gasteiger partial charge is 0.192 e. The Bertz CT molecular complexity index is 1530. The number of allylic oxidation sites excluding steroid dienone is 5. The quantitative estimate of drug-likeness (QED) is 0.262. The van der Waals surface area contributed by atoms with Crippen LogP contribution in [-0.4, -0.2) is 0 Å². The van der Waals surface area contributed by atoms with Crippen LogP contribution >= 0.6 is 0 Å². The van der Waals surface area contributed by atoms with Crippen LogP contribution in [0.25, 0.3) is 16.7 Å². The Hall–Kier alpha value is -4.82. The summed E-state index contributed by atoms with van der Waals surface area (Å²) in [5, 5.41) is 40.1. The van der Waals surface area contributed by atoms with Crippen LogP contribution in [-0.2, 0) is 0 Å². The first-order valence-electron chi connectivity index (χ1n) is 11.7. The first kappa shape index (κ1) is 24.9. The van der Waals surface area contributed by atoms with Gasteiger partial charge in [0.05, 0.1) is 5.92 Å². The van der Waals surface area contributed by atoms with E-state index in [4.69, 9.17) is 0 Å². The molecular weight excluding hydrogens is 464 g/mol. The molecule has 0 unspecified atom stereocenters. The highest BCUT2D eigenvalue weighted by molar-refractivity contribution is 6.05. The average Bonchev–Trinajstić information content (AvgIpc) is 3.73. The van der Waals surface area contributed by atoms with E-state index in [1.807, 2.05) is 98.5 Å². The van der Waals surface area contributed by atoms with Gasteiger partial charge in [0.2, 0.25) is 0 Å². The Morgan fingerprint density at radius 3 is 1.53 bits per heavy atom. The fourth-order valence-corrected chi connectivity index (χ4v) is 4.73. The zero-order chi connectivity index (χ0) is 26.5. The average molecular weight is 481 g/mol. The van der Waals surface area contributed by atoms with Crippen LogP contribution in [0.4, 0.5) is 0 Å². The third kappa shape index (κ3) is 4.42. The second kappa shape index (κ2) is 11.1. The molecule has 5 rings (SSSR count). The third-order valence-electron chi connectivity index (χ3n) is 6.33. The molecule has 4 nitrogen and oxygen atoms in total. The molecule has 0 spiro atoms. The number of hydrogen-bond donors (Lipinski definition) is 0. The van der Waals surface area contributed by atoms with E-state index in [0.717, 1.165) is 33.7 Å². The maximum Gasteiger partial charge on any atom is 0.138 e. The van der Waals surface area contributed by atoms with Gasteiger partial charge in [0.1, 0.15) is 35.4 Å². The molecule has 3 aliphatic carbocycles. The van der Waals surface area contributed by atoms with Gasteiger partial charge in [-0.2, -0.15) is 21.0 Å². The van der Waals surface area contributed by atoms with Crippen molar-refractivity contribution >= 4 is 5.57 Å². The lowest BCUT2D eigenvalue weighted by atomic mass is 9.79. The number of rotatable bonds is 3. The van der Waals surface area contributed by atoms with Gasteiger partial charge in [-0.15, -0.1) is 0 Å². The molecule has 0 heterocycles. The minimum Gasteiger partial charge on any atom is -0.192 e. The molecule has 0 atom stereocenters. The SMILES string of the molecule is N#CC(C#N)=C([C]1[CH][CH][CH][CH]1)C(=C(C#N)C#N)C(C#C[C]1[CH][CH][CH][CH]1)=C1c2ccccc2-c2ccccc21. The van der Waals surface area contributed by atoms with E-state index in [0.29, 0.717) is 11.5 Å². The third-order valence-corrected chi connectivity index (χ3v) is 6.33. The van der Waals surface area contributed by atoms with Crippen molar-refractivity contribution in [1.82, 2.24) is 0 Å². The fourth-order valence-electron chi connectivity index (χ4n) is 4.73. The summed E-state index contributed by atoms with van der Waals surface area (Å²) < 4.78 is 0. The predicted molar refractivity (Wildman–Crippen MR) is 143 cm³/mol. The lowest BCUT2D eigenvalue weighted by molar-refractivity contribution is 1.21. The van der Waals surface area contributed by atoms with Crippen molar-refractivity contribution in [3.63, 3.8) is 0 Å². The molecule has 3 aliphatic rings. The second-order valence-corrected chi connectivity index (χ2v) is 8.39. The Morgan fingerprint density at radius 1 is 0.553 bits per heavy atom. The Kier molecular flexibility index (Phi) is 7.24.